The van der Waals surface area contributed by atoms with Crippen LogP contribution in [0.25, 0.3) is 11.1 Å². The van der Waals surface area contributed by atoms with E-state index in [9.17, 15) is 14.7 Å². The van der Waals surface area contributed by atoms with Crippen molar-refractivity contribution in [3.05, 3.63) is 99.0 Å². The minimum absolute atomic E-state index is 0.0902. The Morgan fingerprint density at radius 1 is 1.00 bits per heavy atom. The number of allylic oxidation sites excluding steroid dienone is 1. The van der Waals surface area contributed by atoms with Crippen LogP contribution in [0.4, 0.5) is 0 Å². The average molecular weight is 522 g/mol. The molecular formula is C29H25Cl2NO4. The first kappa shape index (κ1) is 25.7. The van der Waals surface area contributed by atoms with Crippen molar-refractivity contribution in [2.24, 2.45) is 4.99 Å². The quantitative estimate of drug-likeness (QED) is 0.316. The summed E-state index contributed by atoms with van der Waals surface area (Å²) < 4.78 is 6.07. The second-order valence-electron chi connectivity index (χ2n) is 9.02. The smallest absolute Gasteiger partial charge is 0.335 e. The normalized spacial score (nSPS) is 16.5. The molecule has 1 N–H and O–H groups in total. The number of hydrogen-bond acceptors (Lipinski definition) is 4. The molecule has 0 aliphatic carbocycles. The molecule has 0 aromatic heterocycles. The number of carbonyl (C=O) groups excluding carboxylic acids is 1. The molecule has 3 aromatic carbocycles. The number of ketones is 1. The number of hydrogen-bond donors (Lipinski definition) is 1. The molecule has 0 saturated carbocycles. The van der Waals surface area contributed by atoms with Crippen LogP contribution in [0.5, 0.6) is 5.75 Å². The highest BCUT2D eigenvalue weighted by Crippen LogP contribution is 2.36. The van der Waals surface area contributed by atoms with Gasteiger partial charge in [-0.25, -0.2) is 4.79 Å². The van der Waals surface area contributed by atoms with E-state index in [0.717, 1.165) is 16.7 Å². The van der Waals surface area contributed by atoms with Crippen molar-refractivity contribution in [1.82, 2.24) is 0 Å². The van der Waals surface area contributed by atoms with Gasteiger partial charge in [-0.3, -0.25) is 9.79 Å². The summed E-state index contributed by atoms with van der Waals surface area (Å²) in [7, 11) is 0. The maximum absolute atomic E-state index is 13.8. The first-order valence-corrected chi connectivity index (χ1v) is 12.2. The minimum Gasteiger partial charge on any atom is -0.491 e. The zero-order chi connectivity index (χ0) is 26.0. The second kappa shape index (κ2) is 10.3. The first-order chi connectivity index (χ1) is 17.1. The van der Waals surface area contributed by atoms with Gasteiger partial charge in [-0.1, -0.05) is 41.4 Å². The molecule has 0 spiro atoms. The van der Waals surface area contributed by atoms with Gasteiger partial charge in [0.1, 0.15) is 11.3 Å². The zero-order valence-corrected chi connectivity index (χ0v) is 21.6. The Morgan fingerprint density at radius 2 is 1.72 bits per heavy atom. The van der Waals surface area contributed by atoms with Crippen molar-refractivity contribution in [2.45, 2.75) is 38.8 Å². The highest BCUT2D eigenvalue weighted by Gasteiger charge is 2.39. The molecule has 1 aliphatic rings. The van der Waals surface area contributed by atoms with Gasteiger partial charge in [0.2, 0.25) is 0 Å². The van der Waals surface area contributed by atoms with E-state index in [1.165, 1.54) is 6.07 Å². The summed E-state index contributed by atoms with van der Waals surface area (Å²) in [4.78, 5) is 30.0. The number of ether oxygens (including phenoxy) is 1. The number of benzene rings is 3. The highest BCUT2D eigenvalue weighted by atomic mass is 35.5. The van der Waals surface area contributed by atoms with Gasteiger partial charge >= 0.3 is 5.97 Å². The number of nitrogens with zero attached hydrogens (tertiary/aromatic N) is 1. The monoisotopic (exact) mass is 521 g/mol. The molecule has 184 valence electrons. The van der Waals surface area contributed by atoms with Crippen molar-refractivity contribution in [2.75, 3.05) is 0 Å². The molecule has 1 heterocycles. The van der Waals surface area contributed by atoms with Crippen LogP contribution in [0.1, 0.15) is 45.7 Å². The highest BCUT2D eigenvalue weighted by molar-refractivity contribution is 6.37. The lowest BCUT2D eigenvalue weighted by molar-refractivity contribution is 0.0696. The van der Waals surface area contributed by atoms with Gasteiger partial charge in [0.25, 0.3) is 0 Å². The number of carbonyl (C=O) groups is 2. The third-order valence-electron chi connectivity index (χ3n) is 6.02. The summed E-state index contributed by atoms with van der Waals surface area (Å²) in [5, 5.41) is 10.3. The summed E-state index contributed by atoms with van der Waals surface area (Å²) >= 11 is 12.4. The van der Waals surface area contributed by atoms with Crippen molar-refractivity contribution in [3.63, 3.8) is 0 Å². The van der Waals surface area contributed by atoms with E-state index in [2.05, 4.69) is 4.99 Å². The third kappa shape index (κ3) is 5.23. The summed E-state index contributed by atoms with van der Waals surface area (Å²) in [5.74, 6) is -0.605. The molecule has 36 heavy (non-hydrogen) atoms. The van der Waals surface area contributed by atoms with E-state index >= 15 is 0 Å². The summed E-state index contributed by atoms with van der Waals surface area (Å²) in [5.41, 5.74) is 2.37. The molecular weight excluding hydrogens is 497 g/mol. The zero-order valence-electron chi connectivity index (χ0n) is 20.1. The molecule has 0 radical (unpaired) electrons. The van der Waals surface area contributed by atoms with Crippen LogP contribution in [0.15, 0.2) is 71.7 Å². The van der Waals surface area contributed by atoms with E-state index in [0.29, 0.717) is 21.9 Å². The molecule has 0 bridgehead atoms. The maximum Gasteiger partial charge on any atom is 0.335 e. The van der Waals surface area contributed by atoms with E-state index < -0.39 is 11.5 Å². The second-order valence-corrected chi connectivity index (χ2v) is 9.86. The number of halogens is 2. The fourth-order valence-electron chi connectivity index (χ4n) is 4.24. The average Bonchev–Trinajstić information content (AvgIpc) is 3.29. The summed E-state index contributed by atoms with van der Waals surface area (Å²) in [6, 6.07) is 15.8. The molecule has 1 unspecified atom stereocenters. The maximum atomic E-state index is 13.8. The number of aliphatic imine (C=N–C) groups is 1. The van der Waals surface area contributed by atoms with Crippen molar-refractivity contribution in [1.29, 1.82) is 0 Å². The van der Waals surface area contributed by atoms with Gasteiger partial charge in [-0.15, -0.1) is 0 Å². The minimum atomic E-state index is -1.20. The molecule has 3 aromatic rings. The number of Topliss-reactive ketones (excluding diaryl/α,β-unsaturated/α-hetero) is 1. The predicted molar refractivity (Wildman–Crippen MR) is 144 cm³/mol. The summed E-state index contributed by atoms with van der Waals surface area (Å²) in [6.45, 7) is 5.62. The SMILES string of the molecule is Cc1ccc(-c2ccc(OC(C)C)c(CC3(C(=O)c4ccc(Cl)cc4Cl)C=CC=N3)c2)cc1C(=O)O. The topological polar surface area (TPSA) is 76.0 Å². The molecule has 1 aliphatic heterocycles. The fourth-order valence-corrected chi connectivity index (χ4v) is 4.73. The van der Waals surface area contributed by atoms with E-state index in [4.69, 9.17) is 27.9 Å². The Kier molecular flexibility index (Phi) is 7.34. The lowest BCUT2D eigenvalue weighted by Crippen LogP contribution is -2.36. The van der Waals surface area contributed by atoms with Crippen molar-refractivity contribution >= 4 is 41.2 Å². The van der Waals surface area contributed by atoms with Crippen LogP contribution in [0.3, 0.4) is 0 Å². The van der Waals surface area contributed by atoms with E-state index in [1.54, 1.807) is 49.6 Å². The van der Waals surface area contributed by atoms with Gasteiger partial charge < -0.3 is 9.84 Å². The Labute approximate surface area is 220 Å². The van der Waals surface area contributed by atoms with Crippen LogP contribution in [0, 0.1) is 6.92 Å². The largest absolute Gasteiger partial charge is 0.491 e. The van der Waals surface area contributed by atoms with Crippen LogP contribution in [-0.2, 0) is 6.42 Å². The summed E-state index contributed by atoms with van der Waals surface area (Å²) in [6.07, 6.45) is 5.25. The van der Waals surface area contributed by atoms with Gasteiger partial charge in [-0.05, 0) is 91.6 Å². The molecule has 7 heteroatoms. The molecule has 0 saturated heterocycles. The number of carboxylic acid groups (broad SMARTS) is 1. The molecule has 4 rings (SSSR count). The lowest BCUT2D eigenvalue weighted by atomic mass is 9.83. The first-order valence-electron chi connectivity index (χ1n) is 11.5. The molecule has 1 atom stereocenters. The van der Waals surface area contributed by atoms with Gasteiger partial charge in [0, 0.05) is 23.2 Å². The fraction of sp³-hybridized carbons (Fsp3) is 0.207. The Bertz CT molecular complexity index is 1400. The Hall–Kier alpha value is -3.41. The third-order valence-corrected chi connectivity index (χ3v) is 6.56. The van der Waals surface area contributed by atoms with E-state index in [1.807, 2.05) is 38.1 Å². The van der Waals surface area contributed by atoms with Crippen molar-refractivity contribution < 1.29 is 19.4 Å². The van der Waals surface area contributed by atoms with Crippen LogP contribution >= 0.6 is 23.2 Å². The lowest BCUT2D eigenvalue weighted by Gasteiger charge is -2.26. The van der Waals surface area contributed by atoms with Gasteiger partial charge in [0.15, 0.2) is 5.78 Å². The number of aromatic carboxylic acids is 1. The van der Waals surface area contributed by atoms with Crippen molar-refractivity contribution in [3.8, 4) is 16.9 Å². The van der Waals surface area contributed by atoms with Crippen LogP contribution in [0.2, 0.25) is 10.0 Å². The van der Waals surface area contributed by atoms with Crippen LogP contribution in [-0.4, -0.2) is 34.7 Å². The Balaban J connectivity index is 1.80. The molecule has 0 amide bonds. The van der Waals surface area contributed by atoms with Gasteiger partial charge in [0.05, 0.1) is 16.7 Å². The van der Waals surface area contributed by atoms with Crippen LogP contribution < -0.4 is 4.74 Å². The standard InChI is InChI=1S/C29H25Cl2NO4/c1-17(2)36-26-10-7-19(20-6-5-18(3)24(14-20)28(34)35)13-21(26)16-29(11-4-12-32-29)27(33)23-9-8-22(30)15-25(23)31/h4-15,17H,16H2,1-3H3,(H,34,35). The molecule has 0 fully saturated rings. The number of rotatable bonds is 8. The van der Waals surface area contributed by atoms with E-state index in [-0.39, 0.29) is 28.9 Å². The number of aryl methyl sites for hydroxylation is 1. The number of carboxylic acids is 1. The van der Waals surface area contributed by atoms with Gasteiger partial charge in [-0.2, -0.15) is 0 Å². The molecule has 5 nitrogen and oxygen atoms in total. The Morgan fingerprint density at radius 3 is 2.36 bits per heavy atom. The predicted octanol–water partition coefficient (Wildman–Crippen LogP) is 7.26.